The maximum atomic E-state index is 13.1. The van der Waals surface area contributed by atoms with Crippen LogP contribution in [-0.2, 0) is 17.6 Å². The average Bonchev–Trinajstić information content (AvgIpc) is 3.38. The molecule has 0 unspecified atom stereocenters. The second-order valence-corrected chi connectivity index (χ2v) is 11.2. The fourth-order valence-corrected chi connectivity index (χ4v) is 5.42. The number of hydrogen-bond donors (Lipinski definition) is 2. The van der Waals surface area contributed by atoms with Crippen molar-refractivity contribution in [3.8, 4) is 5.75 Å². The summed E-state index contributed by atoms with van der Waals surface area (Å²) in [5, 5.41) is 3.20. The van der Waals surface area contributed by atoms with Gasteiger partial charge in [-0.15, -0.1) is 0 Å². The molecule has 45 heavy (non-hydrogen) atoms. The van der Waals surface area contributed by atoms with Crippen molar-refractivity contribution >= 4 is 58.1 Å². The molecule has 3 aromatic carbocycles. The quantitative estimate of drug-likeness (QED) is 0.160. The molecule has 12 heteroatoms. The maximum Gasteiger partial charge on any atom is 0.347 e. The van der Waals surface area contributed by atoms with E-state index in [1.54, 1.807) is 41.3 Å². The van der Waals surface area contributed by atoms with Crippen molar-refractivity contribution < 1.29 is 23.1 Å². The van der Waals surface area contributed by atoms with Crippen LogP contribution in [0.5, 0.6) is 5.75 Å². The molecule has 0 atom stereocenters. The minimum atomic E-state index is -2.55. The molecule has 0 spiro atoms. The summed E-state index contributed by atoms with van der Waals surface area (Å²) >= 11 is 1.24. The van der Waals surface area contributed by atoms with Crippen LogP contribution in [0.25, 0.3) is 0 Å². The zero-order chi connectivity index (χ0) is 32.3. The van der Waals surface area contributed by atoms with Crippen LogP contribution in [0, 0.1) is 6.92 Å². The number of carbonyl (C=O) groups excluding carboxylic acids is 2. The lowest BCUT2D eigenvalue weighted by atomic mass is 10.0. The summed E-state index contributed by atoms with van der Waals surface area (Å²) in [6.07, 6.45) is 2.21. The molecular formula is C33H36F2N6O3S. The Morgan fingerprint density at radius 1 is 1.11 bits per heavy atom. The summed E-state index contributed by atoms with van der Waals surface area (Å²) in [5.41, 5.74) is 11.6. The van der Waals surface area contributed by atoms with E-state index in [9.17, 15) is 18.4 Å². The first kappa shape index (κ1) is 33.3. The fraction of sp³-hybridized carbons (Fsp3) is 0.303. The van der Waals surface area contributed by atoms with E-state index >= 15 is 0 Å². The molecule has 0 bridgehead atoms. The third-order valence-electron chi connectivity index (χ3n) is 6.88. The van der Waals surface area contributed by atoms with Crippen molar-refractivity contribution in [2.45, 2.75) is 52.9 Å². The molecule has 9 nitrogen and oxygen atoms in total. The number of nitrogens with two attached hydrogens (primary N) is 1. The van der Waals surface area contributed by atoms with E-state index in [-0.39, 0.29) is 17.5 Å². The number of rotatable bonds is 12. The largest absolute Gasteiger partial charge is 0.488 e. The normalized spacial score (nSPS) is 14.6. The van der Waals surface area contributed by atoms with Gasteiger partial charge in [0.15, 0.2) is 5.17 Å². The molecule has 1 aliphatic rings. The van der Waals surface area contributed by atoms with Crippen molar-refractivity contribution in [3.63, 3.8) is 0 Å². The van der Waals surface area contributed by atoms with Gasteiger partial charge in [0.1, 0.15) is 24.5 Å². The number of benzene rings is 3. The lowest BCUT2D eigenvalue weighted by molar-refractivity contribution is -0.115. The monoisotopic (exact) mass is 634 g/mol. The Hall–Kier alpha value is -4.58. The van der Waals surface area contributed by atoms with Crippen molar-refractivity contribution in [1.29, 1.82) is 0 Å². The summed E-state index contributed by atoms with van der Waals surface area (Å²) in [6, 6.07) is 17.1. The number of alkyl halides is 2. The number of nitrogens with one attached hydrogen (secondary N) is 1. The van der Waals surface area contributed by atoms with E-state index in [4.69, 9.17) is 10.5 Å². The molecule has 236 valence electrons. The number of amidine groups is 2. The first-order valence-electron chi connectivity index (χ1n) is 14.6. The number of urea groups is 1. The molecule has 3 amide bonds. The number of amides is 3. The van der Waals surface area contributed by atoms with Gasteiger partial charge in [-0.05, 0) is 91.4 Å². The van der Waals surface area contributed by atoms with E-state index in [0.29, 0.717) is 34.3 Å². The number of unbranched alkanes of at least 4 members (excludes halogenated alkanes) is 1. The molecule has 1 heterocycles. The van der Waals surface area contributed by atoms with Crippen LogP contribution in [0.15, 0.2) is 75.6 Å². The van der Waals surface area contributed by atoms with Gasteiger partial charge in [0.05, 0.1) is 17.1 Å². The summed E-state index contributed by atoms with van der Waals surface area (Å²) in [5.74, 6) is 0.642. The van der Waals surface area contributed by atoms with Crippen LogP contribution in [0.2, 0.25) is 0 Å². The van der Waals surface area contributed by atoms with E-state index in [2.05, 4.69) is 27.2 Å². The van der Waals surface area contributed by atoms with Gasteiger partial charge in [-0.2, -0.15) is 4.99 Å². The Labute approximate surface area is 265 Å². The van der Waals surface area contributed by atoms with Crippen LogP contribution in [0.3, 0.4) is 0 Å². The number of aryl methyl sites for hydroxylation is 3. The molecule has 0 saturated carbocycles. The van der Waals surface area contributed by atoms with Gasteiger partial charge >= 0.3 is 6.03 Å². The maximum absolute atomic E-state index is 13.1. The van der Waals surface area contributed by atoms with Crippen LogP contribution in [0.1, 0.15) is 48.9 Å². The van der Waals surface area contributed by atoms with Gasteiger partial charge in [-0.1, -0.05) is 44.2 Å². The number of carbonyl (C=O) groups is 2. The van der Waals surface area contributed by atoms with Crippen LogP contribution in [0.4, 0.5) is 30.6 Å². The lowest BCUT2D eigenvalue weighted by Crippen LogP contribution is -2.31. The first-order valence-corrected chi connectivity index (χ1v) is 15.6. The minimum absolute atomic E-state index is 0.109. The SMILES string of the molecule is CCCCc1ccc(C)cc1N1C(=O)CS/C1=N\C(=O)Nc1ccc(C(N)=NC=Nc2ccc(OCC(F)F)cc2)cc1CC. The number of thioether (sulfide) groups is 1. The molecule has 3 N–H and O–H groups in total. The van der Waals surface area contributed by atoms with Gasteiger partial charge in [0.2, 0.25) is 5.91 Å². The molecule has 1 aliphatic heterocycles. The van der Waals surface area contributed by atoms with Gasteiger partial charge in [-0.3, -0.25) is 9.69 Å². The number of ether oxygens (including phenoxy) is 1. The van der Waals surface area contributed by atoms with Crippen molar-refractivity contribution in [3.05, 3.63) is 82.9 Å². The highest BCUT2D eigenvalue weighted by Gasteiger charge is 2.32. The average molecular weight is 635 g/mol. The van der Waals surface area contributed by atoms with E-state index in [1.165, 1.54) is 18.1 Å². The van der Waals surface area contributed by atoms with Crippen molar-refractivity contribution in [2.24, 2.45) is 20.7 Å². The lowest BCUT2D eigenvalue weighted by Gasteiger charge is -2.20. The molecule has 1 saturated heterocycles. The molecule has 0 radical (unpaired) electrons. The third-order valence-corrected chi connectivity index (χ3v) is 7.81. The molecule has 4 rings (SSSR count). The molecule has 0 aromatic heterocycles. The van der Waals surface area contributed by atoms with Crippen LogP contribution >= 0.6 is 11.8 Å². The number of anilines is 2. The number of aliphatic imine (C=N–C) groups is 3. The highest BCUT2D eigenvalue weighted by molar-refractivity contribution is 8.15. The predicted molar refractivity (Wildman–Crippen MR) is 179 cm³/mol. The van der Waals surface area contributed by atoms with Crippen LogP contribution < -0.4 is 20.7 Å². The van der Waals surface area contributed by atoms with Gasteiger partial charge in [0, 0.05) is 11.3 Å². The highest BCUT2D eigenvalue weighted by Crippen LogP contribution is 2.32. The van der Waals surface area contributed by atoms with E-state index in [1.807, 2.05) is 38.1 Å². The Kier molecular flexibility index (Phi) is 11.8. The van der Waals surface area contributed by atoms with Gasteiger partial charge in [0.25, 0.3) is 6.43 Å². The zero-order valence-electron chi connectivity index (χ0n) is 25.4. The Morgan fingerprint density at radius 2 is 1.89 bits per heavy atom. The summed E-state index contributed by atoms with van der Waals surface area (Å²) in [7, 11) is 0. The standard InChI is InChI=1S/C33H36F2N6O3S/c1-4-6-7-23-9-8-21(3)16-28(23)41-30(42)19-45-33(41)40-32(43)39-27-15-10-24(17-22(27)5-2)31(36)38-20-37-25-11-13-26(14-12-25)44-18-29(34)35/h8-17,20,29H,4-7,18-19H2,1-3H3,(H,39,43)(H2,36,37,38)/b40-33-. The topological polar surface area (TPSA) is 122 Å². The molecular weight excluding hydrogens is 598 g/mol. The fourth-order valence-electron chi connectivity index (χ4n) is 4.56. The van der Waals surface area contributed by atoms with Gasteiger partial charge < -0.3 is 15.8 Å². The first-order chi connectivity index (χ1) is 21.7. The summed E-state index contributed by atoms with van der Waals surface area (Å²) < 4.78 is 29.6. The Balaban J connectivity index is 1.46. The molecule has 0 aliphatic carbocycles. The third kappa shape index (κ3) is 9.21. The highest BCUT2D eigenvalue weighted by atomic mass is 32.2. The smallest absolute Gasteiger partial charge is 0.347 e. The minimum Gasteiger partial charge on any atom is -0.488 e. The number of nitrogens with zero attached hydrogens (tertiary/aromatic N) is 4. The molecule has 1 fully saturated rings. The van der Waals surface area contributed by atoms with Crippen molar-refractivity contribution in [2.75, 3.05) is 22.6 Å². The predicted octanol–water partition coefficient (Wildman–Crippen LogP) is 7.28. The Morgan fingerprint density at radius 3 is 2.60 bits per heavy atom. The van der Waals surface area contributed by atoms with E-state index < -0.39 is 19.1 Å². The zero-order valence-corrected chi connectivity index (χ0v) is 26.2. The Bertz CT molecular complexity index is 1610. The van der Waals surface area contributed by atoms with Crippen LogP contribution in [-0.4, -0.2) is 48.1 Å². The number of hydrogen-bond acceptors (Lipinski definition) is 5. The van der Waals surface area contributed by atoms with Crippen molar-refractivity contribution in [1.82, 2.24) is 0 Å². The van der Waals surface area contributed by atoms with E-state index in [0.717, 1.165) is 41.6 Å². The molecule has 3 aromatic rings. The second-order valence-electron chi connectivity index (χ2n) is 10.3. The summed E-state index contributed by atoms with van der Waals surface area (Å²) in [4.78, 5) is 40.2. The number of halogens is 2. The summed E-state index contributed by atoms with van der Waals surface area (Å²) in [6.45, 7) is 5.37. The second kappa shape index (κ2) is 15.9. The van der Waals surface area contributed by atoms with Gasteiger partial charge in [-0.25, -0.2) is 23.6 Å².